The van der Waals surface area contributed by atoms with E-state index in [0.29, 0.717) is 23.1 Å². The van der Waals surface area contributed by atoms with Crippen LogP contribution in [0.25, 0.3) is 0 Å². The lowest BCUT2D eigenvalue weighted by Crippen LogP contribution is -2.26. The van der Waals surface area contributed by atoms with Crippen LogP contribution in [-0.4, -0.2) is 42.6 Å². The van der Waals surface area contributed by atoms with Crippen LogP contribution >= 0.6 is 0 Å². The number of pyridine rings is 1. The molecule has 0 saturated heterocycles. The zero-order chi connectivity index (χ0) is 25.4. The van der Waals surface area contributed by atoms with Crippen LogP contribution in [0.4, 0.5) is 42.0 Å². The van der Waals surface area contributed by atoms with E-state index in [1.165, 1.54) is 25.4 Å². The smallest absolute Gasteiger partial charge is 0.364 e. The van der Waals surface area contributed by atoms with Gasteiger partial charge in [-0.3, -0.25) is 14.1 Å². The summed E-state index contributed by atoms with van der Waals surface area (Å²) in [5.74, 6) is -0.840. The van der Waals surface area contributed by atoms with Gasteiger partial charge in [0.05, 0.1) is 30.6 Å². The number of hydrogen-bond acceptors (Lipinski definition) is 8. The molecule has 1 aliphatic rings. The Kier molecular flexibility index (Phi) is 6.23. The van der Waals surface area contributed by atoms with Crippen molar-refractivity contribution in [2.45, 2.75) is 19.1 Å². The molecule has 10 nitrogen and oxygen atoms in total. The lowest BCUT2D eigenvalue weighted by atomic mass is 10.1. The number of aromatic nitrogens is 3. The molecular formula is C21H20F3N7O3S. The highest BCUT2D eigenvalue weighted by Gasteiger charge is 2.35. The minimum atomic E-state index is -4.75. The molecule has 0 spiro atoms. The molecule has 1 aliphatic heterocycles. The van der Waals surface area contributed by atoms with Crippen molar-refractivity contribution in [3.63, 3.8) is 0 Å². The van der Waals surface area contributed by atoms with Gasteiger partial charge >= 0.3 is 6.18 Å². The molecule has 3 aromatic rings. The van der Waals surface area contributed by atoms with E-state index >= 15 is 0 Å². The SMILES string of the molecule is CN(c1cccnc1CNc1nc(Nc2cccc3c2CC(=O)N3)ncc1C(F)(F)F)S(C)(=O)=O. The molecule has 4 rings (SSSR count). The first-order chi connectivity index (χ1) is 16.4. The van der Waals surface area contributed by atoms with Gasteiger partial charge in [0, 0.05) is 36.4 Å². The second-order valence-electron chi connectivity index (χ2n) is 7.69. The van der Waals surface area contributed by atoms with Crippen molar-refractivity contribution in [3.8, 4) is 0 Å². The predicted octanol–water partition coefficient (Wildman–Crippen LogP) is 3.14. The highest BCUT2D eigenvalue weighted by atomic mass is 32.2. The summed E-state index contributed by atoms with van der Waals surface area (Å²) in [7, 11) is -2.30. The lowest BCUT2D eigenvalue weighted by molar-refractivity contribution is -0.137. The zero-order valence-electron chi connectivity index (χ0n) is 18.5. The number of anilines is 5. The maximum atomic E-state index is 13.6. The standard InChI is InChI=1S/C21H20F3N7O3S/c1-31(35(2,33)34)17-7-4-8-25-16(17)11-26-19-13(21(22,23)24)10-27-20(30-19)29-15-6-3-5-14-12(15)9-18(32)28-14/h3-8,10H,9,11H2,1-2H3,(H,28,32)(H2,26,27,29,30). The molecule has 0 atom stereocenters. The number of fused-ring (bicyclic) bond motifs is 1. The van der Waals surface area contributed by atoms with Gasteiger partial charge in [-0.05, 0) is 24.3 Å². The Balaban J connectivity index is 1.64. The molecule has 0 unspecified atom stereocenters. The fourth-order valence-corrected chi connectivity index (χ4v) is 3.99. The van der Waals surface area contributed by atoms with Crippen LogP contribution in [0.3, 0.4) is 0 Å². The third kappa shape index (κ3) is 5.26. The number of carbonyl (C=O) groups is 1. The molecule has 1 amide bonds. The summed E-state index contributed by atoms with van der Waals surface area (Å²) >= 11 is 0. The number of nitrogens with zero attached hydrogens (tertiary/aromatic N) is 4. The molecular weight excluding hydrogens is 487 g/mol. The van der Waals surface area contributed by atoms with Gasteiger partial charge in [-0.15, -0.1) is 0 Å². The molecule has 2 aromatic heterocycles. The van der Waals surface area contributed by atoms with Crippen molar-refractivity contribution in [3.05, 3.63) is 59.5 Å². The quantitative estimate of drug-likeness (QED) is 0.445. The Labute approximate surface area is 198 Å². The monoisotopic (exact) mass is 507 g/mol. The number of benzene rings is 1. The third-order valence-electron chi connectivity index (χ3n) is 5.25. The van der Waals surface area contributed by atoms with Gasteiger partial charge < -0.3 is 16.0 Å². The fraction of sp³-hybridized carbons (Fsp3) is 0.238. The summed E-state index contributed by atoms with van der Waals surface area (Å²) in [6, 6.07) is 8.07. The Morgan fingerprint density at radius 1 is 1.17 bits per heavy atom. The Hall–Kier alpha value is -3.94. The molecule has 184 valence electrons. The van der Waals surface area contributed by atoms with E-state index in [4.69, 9.17) is 0 Å². The first kappa shape index (κ1) is 24.2. The summed E-state index contributed by atoms with van der Waals surface area (Å²) in [6.45, 7) is -0.241. The largest absolute Gasteiger partial charge is 0.421 e. The second-order valence-corrected chi connectivity index (χ2v) is 9.70. The van der Waals surface area contributed by atoms with Crippen LogP contribution in [-0.2, 0) is 34.0 Å². The highest BCUT2D eigenvalue weighted by Crippen LogP contribution is 2.36. The average Bonchev–Trinajstić information content (AvgIpc) is 3.17. The number of amides is 1. The molecule has 3 heterocycles. The minimum absolute atomic E-state index is 0.112. The summed E-state index contributed by atoms with van der Waals surface area (Å²) in [6.07, 6.45) is -1.58. The van der Waals surface area contributed by atoms with E-state index in [1.807, 2.05) is 0 Å². The summed E-state index contributed by atoms with van der Waals surface area (Å²) in [5.41, 5.74) is 1.04. The fourth-order valence-electron chi connectivity index (χ4n) is 3.47. The van der Waals surface area contributed by atoms with E-state index < -0.39 is 27.6 Å². The lowest BCUT2D eigenvalue weighted by Gasteiger charge is -2.20. The number of halogens is 3. The van der Waals surface area contributed by atoms with E-state index in [1.54, 1.807) is 18.2 Å². The van der Waals surface area contributed by atoms with E-state index in [2.05, 4.69) is 30.9 Å². The van der Waals surface area contributed by atoms with Crippen LogP contribution < -0.4 is 20.3 Å². The number of sulfonamides is 1. The van der Waals surface area contributed by atoms with Crippen molar-refractivity contribution in [1.29, 1.82) is 0 Å². The van der Waals surface area contributed by atoms with Crippen LogP contribution in [0, 0.1) is 0 Å². The van der Waals surface area contributed by atoms with Gasteiger partial charge in [-0.25, -0.2) is 13.4 Å². The van der Waals surface area contributed by atoms with Crippen molar-refractivity contribution in [2.24, 2.45) is 0 Å². The van der Waals surface area contributed by atoms with Crippen LogP contribution in [0.5, 0.6) is 0 Å². The topological polar surface area (TPSA) is 129 Å². The van der Waals surface area contributed by atoms with Gasteiger partial charge in [0.2, 0.25) is 21.9 Å². The number of rotatable bonds is 7. The van der Waals surface area contributed by atoms with E-state index in [-0.39, 0.29) is 36.2 Å². The average molecular weight is 507 g/mol. The first-order valence-electron chi connectivity index (χ1n) is 10.2. The van der Waals surface area contributed by atoms with Gasteiger partial charge in [0.15, 0.2) is 0 Å². The molecule has 0 bridgehead atoms. The maximum absolute atomic E-state index is 13.6. The van der Waals surface area contributed by atoms with Gasteiger partial charge in [0.25, 0.3) is 0 Å². The zero-order valence-corrected chi connectivity index (χ0v) is 19.3. The normalized spacial score (nSPS) is 13.2. The first-order valence-corrected chi connectivity index (χ1v) is 12.0. The minimum Gasteiger partial charge on any atom is -0.364 e. The van der Waals surface area contributed by atoms with Crippen molar-refractivity contribution >= 4 is 44.8 Å². The van der Waals surface area contributed by atoms with Gasteiger partial charge in [-0.2, -0.15) is 18.2 Å². The second kappa shape index (κ2) is 9.02. The molecule has 1 aromatic carbocycles. The van der Waals surface area contributed by atoms with E-state index in [9.17, 15) is 26.4 Å². The molecule has 0 fully saturated rings. The van der Waals surface area contributed by atoms with Crippen LogP contribution in [0.2, 0.25) is 0 Å². The summed E-state index contributed by atoms with van der Waals surface area (Å²) in [4.78, 5) is 23.6. The number of nitrogens with one attached hydrogen (secondary N) is 3. The highest BCUT2D eigenvalue weighted by molar-refractivity contribution is 7.92. The maximum Gasteiger partial charge on any atom is 0.421 e. The molecule has 3 N–H and O–H groups in total. The van der Waals surface area contributed by atoms with Crippen molar-refractivity contribution in [2.75, 3.05) is 33.6 Å². The third-order valence-corrected chi connectivity index (χ3v) is 6.45. The van der Waals surface area contributed by atoms with Gasteiger partial charge in [-0.1, -0.05) is 6.07 Å². The van der Waals surface area contributed by atoms with E-state index in [0.717, 1.165) is 10.6 Å². The van der Waals surface area contributed by atoms with Crippen molar-refractivity contribution in [1.82, 2.24) is 15.0 Å². The molecule has 0 aliphatic carbocycles. The molecule has 0 radical (unpaired) electrons. The summed E-state index contributed by atoms with van der Waals surface area (Å²) < 4.78 is 65.8. The summed E-state index contributed by atoms with van der Waals surface area (Å²) in [5, 5.41) is 8.17. The molecule has 0 saturated carbocycles. The molecule has 35 heavy (non-hydrogen) atoms. The van der Waals surface area contributed by atoms with Crippen LogP contribution in [0.15, 0.2) is 42.7 Å². The Bertz CT molecular complexity index is 1400. The van der Waals surface area contributed by atoms with Crippen molar-refractivity contribution < 1.29 is 26.4 Å². The Morgan fingerprint density at radius 2 is 1.94 bits per heavy atom. The number of carbonyl (C=O) groups excluding carboxylic acids is 1. The number of hydrogen-bond donors (Lipinski definition) is 3. The van der Waals surface area contributed by atoms with Gasteiger partial charge in [0.1, 0.15) is 11.4 Å². The Morgan fingerprint density at radius 3 is 2.66 bits per heavy atom. The van der Waals surface area contributed by atoms with Crippen LogP contribution in [0.1, 0.15) is 16.8 Å². The molecule has 14 heteroatoms. The number of alkyl halides is 3. The predicted molar refractivity (Wildman–Crippen MR) is 124 cm³/mol.